The molecular weight excluding hydrogens is 238 g/mol. The van der Waals surface area contributed by atoms with E-state index in [2.05, 4.69) is 30.2 Å². The molecule has 0 aliphatic heterocycles. The highest BCUT2D eigenvalue weighted by molar-refractivity contribution is 5.86. The van der Waals surface area contributed by atoms with E-state index in [0.29, 0.717) is 22.8 Å². The second-order valence-electron chi connectivity index (χ2n) is 4.71. The molecule has 0 atom stereocenters. The van der Waals surface area contributed by atoms with Crippen molar-refractivity contribution in [3.63, 3.8) is 0 Å². The Hall–Kier alpha value is -2.49. The third-order valence-corrected chi connectivity index (χ3v) is 2.92. The Balaban J connectivity index is 1.99. The van der Waals surface area contributed by atoms with Crippen molar-refractivity contribution in [3.05, 3.63) is 47.5 Å². The van der Waals surface area contributed by atoms with E-state index >= 15 is 0 Å². The predicted octanol–water partition coefficient (Wildman–Crippen LogP) is 3.77. The van der Waals surface area contributed by atoms with Crippen LogP contribution in [0.5, 0.6) is 0 Å². The highest BCUT2D eigenvalue weighted by Crippen LogP contribution is 2.26. The van der Waals surface area contributed by atoms with Crippen LogP contribution < -0.4 is 11.1 Å². The number of aromatic nitrogens is 1. The highest BCUT2D eigenvalue weighted by Gasteiger charge is 2.08. The van der Waals surface area contributed by atoms with Crippen LogP contribution in [0.4, 0.5) is 17.4 Å². The number of fused-ring (bicyclic) bond motifs is 1. The number of nitrogens with one attached hydrogen (secondary N) is 1. The van der Waals surface area contributed by atoms with Crippen LogP contribution in [0.2, 0.25) is 0 Å². The minimum atomic E-state index is 0.456. The molecule has 0 fully saturated rings. The summed E-state index contributed by atoms with van der Waals surface area (Å²) in [5, 5.41) is 3.17. The molecule has 3 N–H and O–H groups in total. The van der Waals surface area contributed by atoms with Gasteiger partial charge in [-0.15, -0.1) is 0 Å². The van der Waals surface area contributed by atoms with Gasteiger partial charge in [0.25, 0.3) is 6.01 Å². The van der Waals surface area contributed by atoms with Crippen molar-refractivity contribution in [1.29, 1.82) is 0 Å². The third kappa shape index (κ3) is 2.25. The third-order valence-electron chi connectivity index (χ3n) is 2.92. The predicted molar refractivity (Wildman–Crippen MR) is 77.6 cm³/mol. The zero-order valence-electron chi connectivity index (χ0n) is 10.9. The molecule has 0 unspecified atom stereocenters. The lowest BCUT2D eigenvalue weighted by Gasteiger charge is -2.04. The molecular formula is C15H15N3O. The molecule has 0 saturated carbocycles. The second kappa shape index (κ2) is 4.31. The van der Waals surface area contributed by atoms with Gasteiger partial charge in [0.1, 0.15) is 5.52 Å². The number of benzene rings is 2. The number of oxazole rings is 1. The number of rotatable bonds is 2. The van der Waals surface area contributed by atoms with E-state index in [1.807, 2.05) is 30.3 Å². The van der Waals surface area contributed by atoms with E-state index < -0.39 is 0 Å². The van der Waals surface area contributed by atoms with Crippen molar-refractivity contribution in [3.8, 4) is 0 Å². The highest BCUT2D eigenvalue weighted by atomic mass is 16.4. The lowest BCUT2D eigenvalue weighted by atomic mass is 10.1. The quantitative estimate of drug-likeness (QED) is 0.682. The van der Waals surface area contributed by atoms with Gasteiger partial charge in [0, 0.05) is 5.69 Å². The van der Waals surface area contributed by atoms with Gasteiger partial charge >= 0.3 is 0 Å². The van der Waals surface area contributed by atoms with E-state index in [9.17, 15) is 0 Å². The van der Waals surface area contributed by atoms with Gasteiger partial charge in [0.2, 0.25) is 0 Å². The molecule has 3 rings (SSSR count). The van der Waals surface area contributed by atoms with Crippen LogP contribution >= 0.6 is 0 Å². The van der Waals surface area contributed by atoms with E-state index in [-0.39, 0.29) is 0 Å². The Morgan fingerprint density at radius 1 is 1.11 bits per heavy atom. The summed E-state index contributed by atoms with van der Waals surface area (Å²) in [6.45, 7) is 4.12. The summed E-state index contributed by atoms with van der Waals surface area (Å²) in [6, 6.07) is 12.2. The molecule has 19 heavy (non-hydrogen) atoms. The van der Waals surface area contributed by atoms with Crippen molar-refractivity contribution in [2.24, 2.45) is 0 Å². The number of nitrogens with two attached hydrogens (primary N) is 1. The first-order chi connectivity index (χ1) is 9.11. The zero-order chi connectivity index (χ0) is 13.4. The number of aryl methyl sites for hydroxylation is 2. The number of anilines is 3. The van der Waals surface area contributed by atoms with Crippen LogP contribution in [0.3, 0.4) is 0 Å². The smallest absolute Gasteiger partial charge is 0.300 e. The summed E-state index contributed by atoms with van der Waals surface area (Å²) in [7, 11) is 0. The molecule has 96 valence electrons. The van der Waals surface area contributed by atoms with Crippen molar-refractivity contribution >= 4 is 28.5 Å². The number of para-hydroxylation sites is 1. The average molecular weight is 253 g/mol. The first-order valence-electron chi connectivity index (χ1n) is 6.12. The summed E-state index contributed by atoms with van der Waals surface area (Å²) in [6.07, 6.45) is 0. The molecule has 0 radical (unpaired) electrons. The van der Waals surface area contributed by atoms with Crippen LogP contribution in [0.1, 0.15) is 11.1 Å². The minimum absolute atomic E-state index is 0.456. The first kappa shape index (κ1) is 11.6. The maximum absolute atomic E-state index is 5.86. The fourth-order valence-corrected chi connectivity index (χ4v) is 2.19. The Morgan fingerprint density at radius 2 is 1.84 bits per heavy atom. The topological polar surface area (TPSA) is 64.1 Å². The fourth-order valence-electron chi connectivity index (χ4n) is 2.19. The number of nitrogen functional groups attached to an aromatic ring is 1. The summed E-state index contributed by atoms with van der Waals surface area (Å²) < 4.78 is 5.63. The van der Waals surface area contributed by atoms with Gasteiger partial charge in [-0.25, -0.2) is 0 Å². The SMILES string of the molecule is Cc1cc(C)cc(Nc2nc3c(N)cccc3o2)c1. The van der Waals surface area contributed by atoms with Gasteiger partial charge in [-0.1, -0.05) is 12.1 Å². The summed E-state index contributed by atoms with van der Waals surface area (Å²) in [5.74, 6) is 0. The molecule has 4 nitrogen and oxygen atoms in total. The molecule has 0 saturated heterocycles. The van der Waals surface area contributed by atoms with Crippen LogP contribution in [0, 0.1) is 13.8 Å². The van der Waals surface area contributed by atoms with E-state index in [0.717, 1.165) is 5.69 Å². The van der Waals surface area contributed by atoms with Crippen LogP contribution in [0.15, 0.2) is 40.8 Å². The Labute approximate surface area is 111 Å². The molecule has 2 aromatic carbocycles. The van der Waals surface area contributed by atoms with Crippen molar-refractivity contribution in [2.75, 3.05) is 11.1 Å². The van der Waals surface area contributed by atoms with Gasteiger partial charge < -0.3 is 15.5 Å². The first-order valence-corrected chi connectivity index (χ1v) is 6.12. The van der Waals surface area contributed by atoms with Gasteiger partial charge in [-0.3, -0.25) is 0 Å². The fraction of sp³-hybridized carbons (Fsp3) is 0.133. The molecule has 0 spiro atoms. The van der Waals surface area contributed by atoms with Crippen LogP contribution in [-0.4, -0.2) is 4.98 Å². The number of hydrogen-bond donors (Lipinski definition) is 2. The molecule has 3 aromatic rings. The largest absolute Gasteiger partial charge is 0.423 e. The molecule has 0 aliphatic rings. The van der Waals surface area contributed by atoms with Crippen molar-refractivity contribution < 1.29 is 4.42 Å². The molecule has 4 heteroatoms. The summed E-state index contributed by atoms with van der Waals surface area (Å²) in [5.41, 5.74) is 11.2. The Morgan fingerprint density at radius 3 is 2.53 bits per heavy atom. The Kier molecular flexibility index (Phi) is 2.63. The lowest BCUT2D eigenvalue weighted by Crippen LogP contribution is -1.92. The van der Waals surface area contributed by atoms with E-state index in [1.54, 1.807) is 0 Å². The lowest BCUT2D eigenvalue weighted by molar-refractivity contribution is 0.623. The standard InChI is InChI=1S/C15H15N3O/c1-9-6-10(2)8-11(7-9)17-15-18-14-12(16)4-3-5-13(14)19-15/h3-8H,16H2,1-2H3,(H,17,18). The van der Waals surface area contributed by atoms with Crippen LogP contribution in [-0.2, 0) is 0 Å². The summed E-state index contributed by atoms with van der Waals surface area (Å²) in [4.78, 5) is 4.36. The maximum Gasteiger partial charge on any atom is 0.300 e. The van der Waals surface area contributed by atoms with Crippen molar-refractivity contribution in [1.82, 2.24) is 4.98 Å². The molecule has 0 aliphatic carbocycles. The van der Waals surface area contributed by atoms with E-state index in [1.165, 1.54) is 11.1 Å². The normalized spacial score (nSPS) is 10.8. The van der Waals surface area contributed by atoms with E-state index in [4.69, 9.17) is 10.2 Å². The van der Waals surface area contributed by atoms with Gasteiger partial charge in [0.05, 0.1) is 5.69 Å². The molecule has 0 bridgehead atoms. The van der Waals surface area contributed by atoms with Gasteiger partial charge in [-0.05, 0) is 49.2 Å². The second-order valence-corrected chi connectivity index (χ2v) is 4.71. The monoisotopic (exact) mass is 253 g/mol. The maximum atomic E-state index is 5.86. The average Bonchev–Trinajstić information content (AvgIpc) is 2.71. The molecule has 0 amide bonds. The minimum Gasteiger partial charge on any atom is -0.423 e. The molecule has 1 aromatic heterocycles. The number of hydrogen-bond acceptors (Lipinski definition) is 4. The van der Waals surface area contributed by atoms with Gasteiger partial charge in [0.15, 0.2) is 5.58 Å². The summed E-state index contributed by atoms with van der Waals surface area (Å²) >= 11 is 0. The van der Waals surface area contributed by atoms with Crippen LogP contribution in [0.25, 0.3) is 11.1 Å². The van der Waals surface area contributed by atoms with Gasteiger partial charge in [-0.2, -0.15) is 4.98 Å². The zero-order valence-corrected chi connectivity index (χ0v) is 10.9. The number of nitrogens with zero attached hydrogens (tertiary/aromatic N) is 1. The van der Waals surface area contributed by atoms with Crippen molar-refractivity contribution in [2.45, 2.75) is 13.8 Å². The molecule has 1 heterocycles. The Bertz CT molecular complexity index is 726.